The molecule has 0 atom stereocenters. The van der Waals surface area contributed by atoms with E-state index < -0.39 is 4.92 Å². The van der Waals surface area contributed by atoms with Gasteiger partial charge in [-0.2, -0.15) is 0 Å². The molecule has 0 saturated carbocycles. The summed E-state index contributed by atoms with van der Waals surface area (Å²) in [6, 6.07) is 4.60. The van der Waals surface area contributed by atoms with Gasteiger partial charge in [-0.1, -0.05) is 13.3 Å². The normalized spacial score (nSPS) is 10.3. The maximum atomic E-state index is 10.9. The Labute approximate surface area is 112 Å². The zero-order chi connectivity index (χ0) is 14.3. The minimum Gasteiger partial charge on any atom is -0.395 e. The number of non-ortho nitro benzene ring substituents is 1. The Morgan fingerprint density at radius 3 is 2.68 bits per heavy atom. The first kappa shape index (κ1) is 15.2. The van der Waals surface area contributed by atoms with E-state index in [2.05, 4.69) is 12.3 Å². The summed E-state index contributed by atoms with van der Waals surface area (Å²) in [6.45, 7) is 3.24. The van der Waals surface area contributed by atoms with Crippen molar-refractivity contribution >= 4 is 17.1 Å². The van der Waals surface area contributed by atoms with Gasteiger partial charge >= 0.3 is 0 Å². The number of unbranched alkanes of at least 4 members (excludes halogenated alkanes) is 1. The smallest absolute Gasteiger partial charge is 0.273 e. The molecule has 0 fully saturated rings. The maximum absolute atomic E-state index is 10.9. The Morgan fingerprint density at radius 1 is 1.42 bits per heavy atom. The number of nitrogens with two attached hydrogens (primary N) is 1. The molecule has 19 heavy (non-hydrogen) atoms. The average Bonchev–Trinajstić information content (AvgIpc) is 2.42. The van der Waals surface area contributed by atoms with Crippen LogP contribution in [0.2, 0.25) is 0 Å². The molecule has 0 aliphatic heterocycles. The number of nitrogens with one attached hydrogen (secondary N) is 1. The van der Waals surface area contributed by atoms with E-state index in [9.17, 15) is 10.1 Å². The number of benzene rings is 1. The molecular weight excluding hydrogens is 248 g/mol. The molecule has 0 aliphatic rings. The minimum absolute atomic E-state index is 0.00219. The van der Waals surface area contributed by atoms with Crippen LogP contribution in [0.3, 0.4) is 0 Å². The van der Waals surface area contributed by atoms with Gasteiger partial charge in [-0.25, -0.2) is 0 Å². The Morgan fingerprint density at radius 2 is 2.16 bits per heavy atom. The van der Waals surface area contributed by atoms with Gasteiger partial charge in [-0.15, -0.1) is 0 Å². The standard InChI is InChI=1S/C12H20N4O3/c1-2-3-4-15(5-6-17)11-7-10(14-13)8-12(9-11)16(18)19/h7-9,14,17H,2-6,13H2,1H3. The third kappa shape index (κ3) is 4.38. The largest absolute Gasteiger partial charge is 0.395 e. The van der Waals surface area contributed by atoms with Crippen molar-refractivity contribution in [3.8, 4) is 0 Å². The molecule has 0 spiro atoms. The minimum atomic E-state index is -0.457. The first-order valence-electron chi connectivity index (χ1n) is 6.24. The Hall–Kier alpha value is -1.86. The summed E-state index contributed by atoms with van der Waals surface area (Å²) < 4.78 is 0. The highest BCUT2D eigenvalue weighted by Crippen LogP contribution is 2.26. The molecule has 0 radical (unpaired) electrons. The zero-order valence-corrected chi connectivity index (χ0v) is 11.0. The van der Waals surface area contributed by atoms with Gasteiger partial charge in [-0.3, -0.25) is 16.0 Å². The number of nitro benzene ring substituents is 1. The summed E-state index contributed by atoms with van der Waals surface area (Å²) in [5, 5.41) is 20.0. The fraction of sp³-hybridized carbons (Fsp3) is 0.500. The van der Waals surface area contributed by atoms with Crippen molar-refractivity contribution in [2.24, 2.45) is 5.84 Å². The molecule has 106 valence electrons. The third-order valence-electron chi connectivity index (χ3n) is 2.80. The molecule has 0 unspecified atom stereocenters. The summed E-state index contributed by atoms with van der Waals surface area (Å²) in [4.78, 5) is 12.3. The first-order chi connectivity index (χ1) is 9.12. The number of anilines is 2. The predicted octanol–water partition coefficient (Wildman–Crippen LogP) is 1.48. The third-order valence-corrected chi connectivity index (χ3v) is 2.80. The number of hydrazine groups is 1. The first-order valence-corrected chi connectivity index (χ1v) is 6.24. The number of aliphatic hydroxyl groups is 1. The van der Waals surface area contributed by atoms with E-state index in [1.165, 1.54) is 12.1 Å². The predicted molar refractivity (Wildman–Crippen MR) is 75.1 cm³/mol. The van der Waals surface area contributed by atoms with Crippen LogP contribution in [-0.2, 0) is 0 Å². The van der Waals surface area contributed by atoms with E-state index in [0.717, 1.165) is 19.4 Å². The highest BCUT2D eigenvalue weighted by Gasteiger charge is 2.13. The Balaban J connectivity index is 3.05. The lowest BCUT2D eigenvalue weighted by Gasteiger charge is -2.24. The molecule has 0 bridgehead atoms. The monoisotopic (exact) mass is 268 g/mol. The number of rotatable bonds is 8. The van der Waals surface area contributed by atoms with E-state index in [1.54, 1.807) is 6.07 Å². The van der Waals surface area contributed by atoms with Crippen molar-refractivity contribution in [1.29, 1.82) is 0 Å². The van der Waals surface area contributed by atoms with Crippen molar-refractivity contribution in [1.82, 2.24) is 0 Å². The van der Waals surface area contributed by atoms with Crippen molar-refractivity contribution in [3.05, 3.63) is 28.3 Å². The molecule has 0 heterocycles. The second-order valence-electron chi connectivity index (χ2n) is 4.20. The van der Waals surface area contributed by atoms with Crippen LogP contribution in [-0.4, -0.2) is 29.7 Å². The van der Waals surface area contributed by atoms with Crippen LogP contribution in [0.25, 0.3) is 0 Å². The van der Waals surface area contributed by atoms with Crippen LogP contribution in [0.5, 0.6) is 0 Å². The molecule has 7 nitrogen and oxygen atoms in total. The van der Waals surface area contributed by atoms with E-state index in [1.807, 2.05) is 4.90 Å². The fourth-order valence-corrected chi connectivity index (χ4v) is 1.81. The van der Waals surface area contributed by atoms with Crippen molar-refractivity contribution < 1.29 is 10.0 Å². The number of aliphatic hydroxyl groups excluding tert-OH is 1. The SMILES string of the molecule is CCCCN(CCO)c1cc(NN)cc([N+](=O)[O-])c1. The topological polar surface area (TPSA) is 105 Å². The summed E-state index contributed by atoms with van der Waals surface area (Å²) in [5.41, 5.74) is 3.56. The Kier molecular flexibility index (Phi) is 6.04. The molecule has 4 N–H and O–H groups in total. The molecule has 0 aliphatic carbocycles. The van der Waals surface area contributed by atoms with Gasteiger partial charge in [-0.05, 0) is 12.5 Å². The van der Waals surface area contributed by atoms with Gasteiger partial charge in [0.2, 0.25) is 0 Å². The molecule has 0 amide bonds. The van der Waals surface area contributed by atoms with Gasteiger partial charge in [0, 0.05) is 30.9 Å². The summed E-state index contributed by atoms with van der Waals surface area (Å²) >= 11 is 0. The van der Waals surface area contributed by atoms with E-state index in [0.29, 0.717) is 17.9 Å². The highest BCUT2D eigenvalue weighted by molar-refractivity contribution is 5.64. The molecule has 1 rings (SSSR count). The van der Waals surface area contributed by atoms with Crippen molar-refractivity contribution in [3.63, 3.8) is 0 Å². The van der Waals surface area contributed by atoms with Gasteiger partial charge in [0.25, 0.3) is 5.69 Å². The fourth-order valence-electron chi connectivity index (χ4n) is 1.81. The molecule has 1 aromatic carbocycles. The molecule has 0 saturated heterocycles. The van der Waals surface area contributed by atoms with Crippen molar-refractivity contribution in [2.75, 3.05) is 30.0 Å². The highest BCUT2D eigenvalue weighted by atomic mass is 16.6. The zero-order valence-electron chi connectivity index (χ0n) is 11.0. The van der Waals surface area contributed by atoms with E-state index in [-0.39, 0.29) is 12.3 Å². The van der Waals surface area contributed by atoms with E-state index >= 15 is 0 Å². The Bertz CT molecular complexity index is 425. The van der Waals surface area contributed by atoms with Crippen LogP contribution in [0.1, 0.15) is 19.8 Å². The summed E-state index contributed by atoms with van der Waals surface area (Å²) in [6.07, 6.45) is 1.97. The van der Waals surface area contributed by atoms with Crippen LogP contribution in [0.4, 0.5) is 17.1 Å². The van der Waals surface area contributed by atoms with Crippen LogP contribution < -0.4 is 16.2 Å². The van der Waals surface area contributed by atoms with Gasteiger partial charge < -0.3 is 15.4 Å². The average molecular weight is 268 g/mol. The molecule has 0 aromatic heterocycles. The lowest BCUT2D eigenvalue weighted by atomic mass is 10.2. The van der Waals surface area contributed by atoms with Gasteiger partial charge in [0.05, 0.1) is 17.2 Å². The maximum Gasteiger partial charge on any atom is 0.273 e. The van der Waals surface area contributed by atoms with Gasteiger partial charge in [0.15, 0.2) is 0 Å². The number of hydrogen-bond donors (Lipinski definition) is 3. The second kappa shape index (κ2) is 7.55. The lowest BCUT2D eigenvalue weighted by Crippen LogP contribution is -2.28. The van der Waals surface area contributed by atoms with Crippen molar-refractivity contribution in [2.45, 2.75) is 19.8 Å². The quantitative estimate of drug-likeness (QED) is 0.375. The number of nitrogen functional groups attached to an aromatic ring is 1. The summed E-state index contributed by atoms with van der Waals surface area (Å²) in [7, 11) is 0. The van der Waals surface area contributed by atoms with E-state index in [4.69, 9.17) is 10.9 Å². The second-order valence-corrected chi connectivity index (χ2v) is 4.20. The van der Waals surface area contributed by atoms with Crippen LogP contribution in [0, 0.1) is 10.1 Å². The molecule has 1 aromatic rings. The molecular formula is C12H20N4O3. The molecule has 7 heteroatoms. The number of nitrogens with zero attached hydrogens (tertiary/aromatic N) is 2. The number of hydrogen-bond acceptors (Lipinski definition) is 6. The number of nitro groups is 1. The van der Waals surface area contributed by atoms with Crippen LogP contribution >= 0.6 is 0 Å². The van der Waals surface area contributed by atoms with Crippen LogP contribution in [0.15, 0.2) is 18.2 Å². The summed E-state index contributed by atoms with van der Waals surface area (Å²) in [5.74, 6) is 5.32. The van der Waals surface area contributed by atoms with Gasteiger partial charge in [0.1, 0.15) is 0 Å². The lowest BCUT2D eigenvalue weighted by molar-refractivity contribution is -0.384.